The van der Waals surface area contributed by atoms with Gasteiger partial charge in [-0.1, -0.05) is 20.8 Å². The van der Waals surface area contributed by atoms with E-state index in [0.29, 0.717) is 6.10 Å². The van der Waals surface area contributed by atoms with E-state index in [4.69, 9.17) is 10.5 Å². The van der Waals surface area contributed by atoms with Crippen molar-refractivity contribution in [2.24, 2.45) is 11.1 Å². The molecule has 2 unspecified atom stereocenters. The average molecular weight is 201 g/mol. The number of aliphatic hydroxyl groups is 1. The number of hydrogen-bond donors (Lipinski definition) is 2. The molecular weight excluding hydrogens is 178 g/mol. The van der Waals surface area contributed by atoms with Crippen molar-refractivity contribution in [1.29, 1.82) is 0 Å². The summed E-state index contributed by atoms with van der Waals surface area (Å²) in [7, 11) is 0. The molecule has 0 aromatic carbocycles. The number of rotatable bonds is 4. The van der Waals surface area contributed by atoms with Gasteiger partial charge in [-0.15, -0.1) is 0 Å². The van der Waals surface area contributed by atoms with Gasteiger partial charge < -0.3 is 15.6 Å². The van der Waals surface area contributed by atoms with Crippen molar-refractivity contribution in [3.05, 3.63) is 0 Å². The average Bonchev–Trinajstić information content (AvgIpc) is 2.00. The molecule has 0 aromatic rings. The lowest BCUT2D eigenvalue weighted by atomic mass is 9.84. The van der Waals surface area contributed by atoms with Crippen molar-refractivity contribution in [2.75, 3.05) is 6.61 Å². The molecule has 1 fully saturated rings. The second kappa shape index (κ2) is 4.60. The van der Waals surface area contributed by atoms with E-state index >= 15 is 0 Å². The molecule has 0 saturated heterocycles. The summed E-state index contributed by atoms with van der Waals surface area (Å²) in [6.07, 6.45) is 3.61. The topological polar surface area (TPSA) is 55.5 Å². The molecule has 3 nitrogen and oxygen atoms in total. The highest BCUT2D eigenvalue weighted by atomic mass is 16.5. The van der Waals surface area contributed by atoms with E-state index in [-0.39, 0.29) is 24.2 Å². The molecule has 84 valence electrons. The molecule has 0 spiro atoms. The van der Waals surface area contributed by atoms with E-state index in [1.54, 1.807) is 0 Å². The van der Waals surface area contributed by atoms with E-state index in [0.717, 1.165) is 12.8 Å². The summed E-state index contributed by atoms with van der Waals surface area (Å²) < 4.78 is 5.75. The molecule has 0 bridgehead atoms. The minimum Gasteiger partial charge on any atom is -0.394 e. The Morgan fingerprint density at radius 1 is 1.43 bits per heavy atom. The van der Waals surface area contributed by atoms with Crippen LogP contribution in [0.2, 0.25) is 0 Å². The van der Waals surface area contributed by atoms with Gasteiger partial charge in [-0.25, -0.2) is 0 Å². The first kappa shape index (κ1) is 12.0. The number of ether oxygens (including phenoxy) is 1. The Kier molecular flexibility index (Phi) is 3.93. The molecule has 0 amide bonds. The summed E-state index contributed by atoms with van der Waals surface area (Å²) in [6, 6.07) is -0.104. The van der Waals surface area contributed by atoms with E-state index in [1.807, 2.05) is 0 Å². The molecule has 0 heterocycles. The van der Waals surface area contributed by atoms with Crippen molar-refractivity contribution in [3.63, 3.8) is 0 Å². The molecule has 1 aliphatic rings. The first-order valence-electron chi connectivity index (χ1n) is 5.47. The van der Waals surface area contributed by atoms with Gasteiger partial charge in [0.25, 0.3) is 0 Å². The third kappa shape index (κ3) is 2.94. The van der Waals surface area contributed by atoms with Crippen molar-refractivity contribution in [3.8, 4) is 0 Å². The standard InChI is InChI=1S/C11H23NO2/c1-11(2,3)10(12)9(7-13)14-8-5-4-6-8/h8-10,13H,4-7,12H2,1-3H3. The smallest absolute Gasteiger partial charge is 0.0964 e. The van der Waals surface area contributed by atoms with Crippen LogP contribution in [0.15, 0.2) is 0 Å². The summed E-state index contributed by atoms with van der Waals surface area (Å²) >= 11 is 0. The largest absolute Gasteiger partial charge is 0.394 e. The maximum Gasteiger partial charge on any atom is 0.0964 e. The van der Waals surface area contributed by atoms with Gasteiger partial charge in [0.05, 0.1) is 18.8 Å². The Labute approximate surface area is 86.6 Å². The van der Waals surface area contributed by atoms with Crippen LogP contribution >= 0.6 is 0 Å². The highest BCUT2D eigenvalue weighted by molar-refractivity contribution is 4.86. The van der Waals surface area contributed by atoms with E-state index in [2.05, 4.69) is 20.8 Å². The second-order valence-corrected chi connectivity index (χ2v) is 5.30. The van der Waals surface area contributed by atoms with Gasteiger partial charge in [0, 0.05) is 6.04 Å². The second-order valence-electron chi connectivity index (χ2n) is 5.30. The number of nitrogens with two attached hydrogens (primary N) is 1. The maximum absolute atomic E-state index is 9.22. The van der Waals surface area contributed by atoms with Crippen molar-refractivity contribution >= 4 is 0 Å². The fourth-order valence-corrected chi connectivity index (χ4v) is 1.55. The van der Waals surface area contributed by atoms with E-state index < -0.39 is 0 Å². The molecule has 1 aliphatic carbocycles. The lowest BCUT2D eigenvalue weighted by molar-refractivity contribution is -0.0938. The minimum absolute atomic E-state index is 0.0167. The summed E-state index contributed by atoms with van der Waals surface area (Å²) in [6.45, 7) is 6.24. The van der Waals surface area contributed by atoms with E-state index in [9.17, 15) is 5.11 Å². The maximum atomic E-state index is 9.22. The van der Waals surface area contributed by atoms with Crippen LogP contribution < -0.4 is 5.73 Å². The molecule has 3 N–H and O–H groups in total. The Hall–Kier alpha value is -0.120. The molecule has 0 radical (unpaired) electrons. The zero-order chi connectivity index (χ0) is 10.8. The van der Waals surface area contributed by atoms with Crippen molar-refractivity contribution in [1.82, 2.24) is 0 Å². The zero-order valence-corrected chi connectivity index (χ0v) is 9.49. The van der Waals surface area contributed by atoms with Crippen LogP contribution in [0.4, 0.5) is 0 Å². The quantitative estimate of drug-likeness (QED) is 0.720. The molecular formula is C11H23NO2. The first-order valence-corrected chi connectivity index (χ1v) is 5.47. The van der Waals surface area contributed by atoms with E-state index in [1.165, 1.54) is 6.42 Å². The van der Waals surface area contributed by atoms with Crippen LogP contribution in [0.5, 0.6) is 0 Å². The lowest BCUT2D eigenvalue weighted by Crippen LogP contribution is -2.50. The van der Waals surface area contributed by atoms with Crippen molar-refractivity contribution < 1.29 is 9.84 Å². The van der Waals surface area contributed by atoms with Crippen LogP contribution in [0.3, 0.4) is 0 Å². The summed E-state index contributed by atoms with van der Waals surface area (Å²) in [5.74, 6) is 0. The monoisotopic (exact) mass is 201 g/mol. The van der Waals surface area contributed by atoms with Crippen molar-refractivity contribution in [2.45, 2.75) is 58.3 Å². The van der Waals surface area contributed by atoms with Gasteiger partial charge in [-0.2, -0.15) is 0 Å². The Balaban J connectivity index is 2.43. The van der Waals surface area contributed by atoms with Crippen LogP contribution in [0, 0.1) is 5.41 Å². The van der Waals surface area contributed by atoms with Gasteiger partial charge >= 0.3 is 0 Å². The van der Waals surface area contributed by atoms with Gasteiger partial charge in [0.2, 0.25) is 0 Å². The molecule has 3 heteroatoms. The molecule has 0 aliphatic heterocycles. The molecule has 14 heavy (non-hydrogen) atoms. The Morgan fingerprint density at radius 3 is 2.29 bits per heavy atom. The van der Waals surface area contributed by atoms with Gasteiger partial charge in [0.1, 0.15) is 0 Å². The highest BCUT2D eigenvalue weighted by Crippen LogP contribution is 2.27. The summed E-state index contributed by atoms with van der Waals surface area (Å²) in [5.41, 5.74) is 6.03. The number of hydrogen-bond acceptors (Lipinski definition) is 3. The van der Waals surface area contributed by atoms with Gasteiger partial charge in [-0.3, -0.25) is 0 Å². The SMILES string of the molecule is CC(C)(C)C(N)C(CO)OC1CCC1. The molecule has 1 rings (SSSR count). The lowest BCUT2D eigenvalue weighted by Gasteiger charge is -2.37. The molecule has 2 atom stereocenters. The van der Waals surface area contributed by atoms with Crippen LogP contribution in [-0.2, 0) is 4.74 Å². The zero-order valence-electron chi connectivity index (χ0n) is 9.49. The first-order chi connectivity index (χ1) is 6.45. The fourth-order valence-electron chi connectivity index (χ4n) is 1.55. The normalized spacial score (nSPS) is 22.9. The summed E-state index contributed by atoms with van der Waals surface area (Å²) in [5, 5.41) is 9.22. The predicted octanol–water partition coefficient (Wildman–Crippen LogP) is 1.29. The van der Waals surface area contributed by atoms with Gasteiger partial charge in [-0.05, 0) is 24.7 Å². The third-order valence-electron chi connectivity index (χ3n) is 3.00. The van der Waals surface area contributed by atoms with Crippen LogP contribution in [0.25, 0.3) is 0 Å². The Morgan fingerprint density at radius 2 is 2.00 bits per heavy atom. The predicted molar refractivity (Wildman–Crippen MR) is 57.0 cm³/mol. The highest BCUT2D eigenvalue weighted by Gasteiger charge is 2.32. The minimum atomic E-state index is -0.208. The summed E-state index contributed by atoms with van der Waals surface area (Å²) in [4.78, 5) is 0. The molecule has 0 aromatic heterocycles. The third-order valence-corrected chi connectivity index (χ3v) is 3.00. The van der Waals surface area contributed by atoms with Crippen LogP contribution in [0.1, 0.15) is 40.0 Å². The van der Waals surface area contributed by atoms with Crippen LogP contribution in [-0.4, -0.2) is 30.0 Å². The fraction of sp³-hybridized carbons (Fsp3) is 1.00. The molecule has 1 saturated carbocycles. The van der Waals surface area contributed by atoms with Gasteiger partial charge in [0.15, 0.2) is 0 Å². The Bertz CT molecular complexity index is 173. The number of aliphatic hydroxyl groups excluding tert-OH is 1.